The van der Waals surface area contributed by atoms with E-state index < -0.39 is 0 Å². The van der Waals surface area contributed by atoms with Crippen molar-refractivity contribution in [3.05, 3.63) is 164 Å². The molecule has 2 heterocycles. The molecular formula is C38H27N3. The molecule has 8 aromatic rings. The Kier molecular flexibility index (Phi) is 5.46. The van der Waals surface area contributed by atoms with Crippen LogP contribution in [-0.2, 0) is 0 Å². The zero-order valence-electron chi connectivity index (χ0n) is 22.4. The van der Waals surface area contributed by atoms with Crippen LogP contribution in [0, 0.1) is 0 Å². The summed E-state index contributed by atoms with van der Waals surface area (Å²) in [5.41, 5.74) is 9.19. The highest BCUT2D eigenvalue weighted by Gasteiger charge is 2.22. The van der Waals surface area contributed by atoms with Crippen LogP contribution in [0.15, 0.2) is 164 Å². The molecule has 0 bridgehead atoms. The van der Waals surface area contributed by atoms with E-state index in [0.717, 1.165) is 34.0 Å². The molecule has 0 fully saturated rings. The maximum atomic E-state index is 2.42. The fourth-order valence-corrected chi connectivity index (χ4v) is 6.16. The van der Waals surface area contributed by atoms with E-state index in [1.165, 1.54) is 27.2 Å². The predicted octanol–water partition coefficient (Wildman–Crippen LogP) is 10.2. The molecule has 0 saturated carbocycles. The summed E-state index contributed by atoms with van der Waals surface area (Å²) < 4.78 is 4.77. The molecular weight excluding hydrogens is 498 g/mol. The summed E-state index contributed by atoms with van der Waals surface area (Å²) in [5, 5.41) is 3.71. The van der Waals surface area contributed by atoms with Gasteiger partial charge in [-0.3, -0.25) is 0 Å². The smallest absolute Gasteiger partial charge is 0.0792 e. The normalized spacial score (nSPS) is 11.4. The van der Waals surface area contributed by atoms with E-state index in [-0.39, 0.29) is 0 Å². The van der Waals surface area contributed by atoms with E-state index in [1.54, 1.807) is 0 Å². The second kappa shape index (κ2) is 9.58. The molecule has 0 atom stereocenters. The Balaban J connectivity index is 1.50. The Hall–Kier alpha value is -5.54. The van der Waals surface area contributed by atoms with E-state index in [9.17, 15) is 0 Å². The van der Waals surface area contributed by atoms with E-state index in [2.05, 4.69) is 178 Å². The number of benzene rings is 6. The minimum Gasteiger partial charge on any atom is -0.312 e. The first-order valence-electron chi connectivity index (χ1n) is 14.0. The fourth-order valence-electron chi connectivity index (χ4n) is 6.16. The number of aromatic nitrogens is 2. The summed E-state index contributed by atoms with van der Waals surface area (Å²) in [6.07, 6.45) is 2.30. The molecule has 41 heavy (non-hydrogen) atoms. The van der Waals surface area contributed by atoms with E-state index in [1.807, 2.05) is 0 Å². The lowest BCUT2D eigenvalue weighted by atomic mass is 10.1. The molecule has 0 N–H and O–H groups in total. The molecule has 0 aliphatic heterocycles. The van der Waals surface area contributed by atoms with Crippen LogP contribution in [0.1, 0.15) is 0 Å². The largest absolute Gasteiger partial charge is 0.312 e. The van der Waals surface area contributed by atoms with E-state index >= 15 is 0 Å². The zero-order valence-corrected chi connectivity index (χ0v) is 22.4. The van der Waals surface area contributed by atoms with Crippen molar-refractivity contribution in [3.8, 4) is 11.4 Å². The summed E-state index contributed by atoms with van der Waals surface area (Å²) >= 11 is 0. The standard InChI is InChI=1S/C38H27N3/c1-4-15-28(16-5-1)39-27-37(41-34-24-12-10-21-31(34)32-22-11-13-25-35(32)41)33-23-14-26-36(38(33)39)40(29-17-6-2-7-18-29)30-19-8-3-9-20-30/h1-27H. The third kappa shape index (κ3) is 3.75. The molecule has 2 aromatic heterocycles. The Morgan fingerprint density at radius 3 is 1.49 bits per heavy atom. The fraction of sp³-hybridized carbons (Fsp3) is 0. The van der Waals surface area contributed by atoms with Crippen molar-refractivity contribution in [2.75, 3.05) is 4.90 Å². The van der Waals surface area contributed by atoms with Crippen LogP contribution in [0.25, 0.3) is 44.1 Å². The van der Waals surface area contributed by atoms with Gasteiger partial charge in [-0.1, -0.05) is 103 Å². The molecule has 194 valence electrons. The third-order valence-electron chi connectivity index (χ3n) is 7.91. The van der Waals surface area contributed by atoms with Crippen LogP contribution in [0.2, 0.25) is 0 Å². The second-order valence-corrected chi connectivity index (χ2v) is 10.3. The van der Waals surface area contributed by atoms with Crippen molar-refractivity contribution in [2.24, 2.45) is 0 Å². The first-order chi connectivity index (χ1) is 20.4. The maximum absolute atomic E-state index is 2.42. The van der Waals surface area contributed by atoms with Crippen LogP contribution < -0.4 is 4.90 Å². The number of para-hydroxylation sites is 6. The molecule has 6 aromatic carbocycles. The first-order valence-corrected chi connectivity index (χ1v) is 14.0. The average molecular weight is 526 g/mol. The van der Waals surface area contributed by atoms with Crippen molar-refractivity contribution in [1.82, 2.24) is 9.13 Å². The van der Waals surface area contributed by atoms with Crippen molar-refractivity contribution >= 4 is 49.8 Å². The van der Waals surface area contributed by atoms with Crippen LogP contribution in [-0.4, -0.2) is 9.13 Å². The molecule has 3 heteroatoms. The summed E-state index contributed by atoms with van der Waals surface area (Å²) in [6, 6.07) is 56.0. The Morgan fingerprint density at radius 2 is 0.902 bits per heavy atom. The first kappa shape index (κ1) is 23.4. The van der Waals surface area contributed by atoms with Crippen molar-refractivity contribution in [3.63, 3.8) is 0 Å². The van der Waals surface area contributed by atoms with Gasteiger partial charge in [0.1, 0.15) is 0 Å². The lowest BCUT2D eigenvalue weighted by Gasteiger charge is -2.27. The quantitative estimate of drug-likeness (QED) is 0.218. The van der Waals surface area contributed by atoms with Gasteiger partial charge in [-0.05, 0) is 54.6 Å². The Labute approximate surface area is 238 Å². The van der Waals surface area contributed by atoms with Gasteiger partial charge in [0.15, 0.2) is 0 Å². The molecule has 3 nitrogen and oxygen atoms in total. The van der Waals surface area contributed by atoms with Gasteiger partial charge in [-0.2, -0.15) is 0 Å². The van der Waals surface area contributed by atoms with Crippen LogP contribution in [0.5, 0.6) is 0 Å². The predicted molar refractivity (Wildman–Crippen MR) is 172 cm³/mol. The summed E-state index contributed by atoms with van der Waals surface area (Å²) in [6.45, 7) is 0. The molecule has 0 unspecified atom stereocenters. The van der Waals surface area contributed by atoms with Crippen molar-refractivity contribution in [2.45, 2.75) is 0 Å². The summed E-state index contributed by atoms with van der Waals surface area (Å²) in [5.74, 6) is 0. The topological polar surface area (TPSA) is 13.1 Å². The third-order valence-corrected chi connectivity index (χ3v) is 7.91. The Morgan fingerprint density at radius 1 is 0.415 bits per heavy atom. The van der Waals surface area contributed by atoms with Crippen LogP contribution >= 0.6 is 0 Å². The number of hydrogen-bond acceptors (Lipinski definition) is 1. The number of anilines is 3. The van der Waals surface area contributed by atoms with Crippen LogP contribution in [0.4, 0.5) is 17.1 Å². The molecule has 0 radical (unpaired) electrons. The summed E-state index contributed by atoms with van der Waals surface area (Å²) in [4.78, 5) is 2.36. The van der Waals surface area contributed by atoms with Gasteiger partial charge >= 0.3 is 0 Å². The number of fused-ring (bicyclic) bond motifs is 4. The van der Waals surface area contributed by atoms with Crippen molar-refractivity contribution in [1.29, 1.82) is 0 Å². The van der Waals surface area contributed by atoms with Gasteiger partial charge in [0.2, 0.25) is 0 Å². The maximum Gasteiger partial charge on any atom is 0.0792 e. The highest BCUT2D eigenvalue weighted by atomic mass is 15.2. The molecule has 0 saturated heterocycles. The minimum absolute atomic E-state index is 1.12. The molecule has 0 aliphatic carbocycles. The molecule has 0 spiro atoms. The van der Waals surface area contributed by atoms with Crippen LogP contribution in [0.3, 0.4) is 0 Å². The average Bonchev–Trinajstić information content (AvgIpc) is 3.59. The number of rotatable bonds is 5. The lowest BCUT2D eigenvalue weighted by molar-refractivity contribution is 1.09. The highest BCUT2D eigenvalue weighted by Crippen LogP contribution is 2.43. The lowest BCUT2D eigenvalue weighted by Crippen LogP contribution is -2.11. The van der Waals surface area contributed by atoms with Gasteiger partial charge in [0, 0.05) is 39.4 Å². The SMILES string of the molecule is c1ccc(N(c2ccccc2)c2cccc3c(-n4c5ccccc5c5ccccc54)cn(-c4ccccc4)c23)cc1. The molecule has 0 aliphatic rings. The van der Waals surface area contributed by atoms with Gasteiger partial charge in [-0.25, -0.2) is 0 Å². The zero-order chi connectivity index (χ0) is 27.2. The van der Waals surface area contributed by atoms with Gasteiger partial charge in [0.25, 0.3) is 0 Å². The van der Waals surface area contributed by atoms with Gasteiger partial charge < -0.3 is 14.0 Å². The number of hydrogen-bond donors (Lipinski definition) is 0. The second-order valence-electron chi connectivity index (χ2n) is 10.3. The Bertz CT molecular complexity index is 2050. The summed E-state index contributed by atoms with van der Waals surface area (Å²) in [7, 11) is 0. The molecule has 8 rings (SSSR count). The monoisotopic (exact) mass is 525 g/mol. The minimum atomic E-state index is 1.12. The van der Waals surface area contributed by atoms with E-state index in [0.29, 0.717) is 0 Å². The highest BCUT2D eigenvalue weighted by molar-refractivity contribution is 6.11. The van der Waals surface area contributed by atoms with Crippen molar-refractivity contribution < 1.29 is 0 Å². The molecule has 0 amide bonds. The van der Waals surface area contributed by atoms with Gasteiger partial charge in [0.05, 0.1) is 27.9 Å². The van der Waals surface area contributed by atoms with Gasteiger partial charge in [-0.15, -0.1) is 0 Å². The number of nitrogens with zero attached hydrogens (tertiary/aromatic N) is 3. The van der Waals surface area contributed by atoms with E-state index in [4.69, 9.17) is 0 Å².